The molecule has 1 fully saturated rings. The van der Waals surface area contributed by atoms with E-state index in [-0.39, 0.29) is 18.7 Å². The molecule has 0 saturated carbocycles. The SMILES string of the molecule is CCC1(c2ccc(F)cc2)NC(=O)N(CC(=O)c2cc(C)[nH]c2C)C1=O. The quantitative estimate of drug-likeness (QED) is 0.638. The van der Waals surface area contributed by atoms with E-state index in [2.05, 4.69) is 10.3 Å². The second kappa shape index (κ2) is 6.40. The molecule has 1 aromatic heterocycles. The number of hydrogen-bond acceptors (Lipinski definition) is 3. The molecular weight excluding hydrogens is 337 g/mol. The van der Waals surface area contributed by atoms with Gasteiger partial charge in [-0.2, -0.15) is 0 Å². The number of nitrogens with one attached hydrogen (secondary N) is 2. The lowest BCUT2D eigenvalue weighted by Gasteiger charge is -2.25. The van der Waals surface area contributed by atoms with Gasteiger partial charge in [-0.1, -0.05) is 19.1 Å². The highest BCUT2D eigenvalue weighted by atomic mass is 19.1. The summed E-state index contributed by atoms with van der Waals surface area (Å²) in [5, 5.41) is 2.68. The smallest absolute Gasteiger partial charge is 0.325 e. The number of aryl methyl sites for hydroxylation is 2. The van der Waals surface area contributed by atoms with Gasteiger partial charge in [0.15, 0.2) is 5.78 Å². The van der Waals surface area contributed by atoms with Gasteiger partial charge in [-0.05, 0) is 44.0 Å². The predicted octanol–water partition coefficient (Wildman–Crippen LogP) is 2.81. The number of carbonyl (C=O) groups excluding carboxylic acids is 3. The van der Waals surface area contributed by atoms with Crippen LogP contribution in [0.15, 0.2) is 30.3 Å². The third-order valence-corrected chi connectivity index (χ3v) is 4.79. The molecule has 0 radical (unpaired) electrons. The Balaban J connectivity index is 1.89. The van der Waals surface area contributed by atoms with Crippen molar-refractivity contribution in [1.29, 1.82) is 0 Å². The van der Waals surface area contributed by atoms with Crippen molar-refractivity contribution >= 4 is 17.7 Å². The van der Waals surface area contributed by atoms with Crippen molar-refractivity contribution in [1.82, 2.24) is 15.2 Å². The van der Waals surface area contributed by atoms with E-state index >= 15 is 0 Å². The Hall–Kier alpha value is -2.96. The van der Waals surface area contributed by atoms with Crippen molar-refractivity contribution < 1.29 is 18.8 Å². The van der Waals surface area contributed by atoms with Crippen LogP contribution < -0.4 is 5.32 Å². The Morgan fingerprint density at radius 2 is 1.85 bits per heavy atom. The molecule has 3 amide bonds. The highest BCUT2D eigenvalue weighted by Gasteiger charge is 2.51. The molecule has 26 heavy (non-hydrogen) atoms. The minimum atomic E-state index is -1.28. The van der Waals surface area contributed by atoms with Gasteiger partial charge in [-0.25, -0.2) is 9.18 Å². The number of Topliss-reactive ketones (excluding diaryl/α,β-unsaturated/α-hetero) is 1. The highest BCUT2D eigenvalue weighted by molar-refractivity contribution is 6.11. The summed E-state index contributed by atoms with van der Waals surface area (Å²) in [5.41, 5.74) is 1.19. The van der Waals surface area contributed by atoms with E-state index in [1.807, 2.05) is 6.92 Å². The lowest BCUT2D eigenvalue weighted by Crippen LogP contribution is -2.43. The number of rotatable bonds is 5. The van der Waals surface area contributed by atoms with E-state index in [0.717, 1.165) is 10.6 Å². The third-order valence-electron chi connectivity index (χ3n) is 4.79. The number of benzene rings is 1. The zero-order valence-corrected chi connectivity index (χ0v) is 14.9. The van der Waals surface area contributed by atoms with E-state index < -0.39 is 23.3 Å². The number of nitrogens with zero attached hydrogens (tertiary/aromatic N) is 1. The summed E-state index contributed by atoms with van der Waals surface area (Å²) in [6, 6.07) is 6.50. The van der Waals surface area contributed by atoms with Crippen molar-refractivity contribution in [3.63, 3.8) is 0 Å². The van der Waals surface area contributed by atoms with E-state index in [1.165, 1.54) is 24.3 Å². The zero-order valence-electron chi connectivity index (χ0n) is 14.9. The number of amides is 3. The molecule has 1 aliphatic rings. The highest BCUT2D eigenvalue weighted by Crippen LogP contribution is 2.32. The van der Waals surface area contributed by atoms with Gasteiger partial charge < -0.3 is 10.3 Å². The Morgan fingerprint density at radius 3 is 2.38 bits per heavy atom. The van der Waals surface area contributed by atoms with Crippen molar-refractivity contribution in [2.75, 3.05) is 6.54 Å². The Bertz CT molecular complexity index is 888. The number of hydrogen-bond donors (Lipinski definition) is 2. The van der Waals surface area contributed by atoms with Crippen LogP contribution in [0.25, 0.3) is 0 Å². The van der Waals surface area contributed by atoms with Crippen LogP contribution in [0.2, 0.25) is 0 Å². The molecule has 1 aliphatic heterocycles. The molecule has 0 bridgehead atoms. The summed E-state index contributed by atoms with van der Waals surface area (Å²) in [6.45, 7) is 5.01. The standard InChI is InChI=1S/C19H20FN3O3/c1-4-19(13-5-7-14(20)8-6-13)17(25)23(18(26)22-19)10-16(24)15-9-11(2)21-12(15)3/h5-9,21H,4,10H2,1-3H3,(H,22,26). The fraction of sp³-hybridized carbons (Fsp3) is 0.316. The molecule has 6 nitrogen and oxygen atoms in total. The fourth-order valence-electron chi connectivity index (χ4n) is 3.39. The Morgan fingerprint density at radius 1 is 1.19 bits per heavy atom. The first kappa shape index (κ1) is 17.8. The molecule has 1 aromatic carbocycles. The van der Waals surface area contributed by atoms with Crippen LogP contribution in [0.3, 0.4) is 0 Å². The number of H-pyrrole nitrogens is 1. The predicted molar refractivity (Wildman–Crippen MR) is 93.2 cm³/mol. The topological polar surface area (TPSA) is 82.3 Å². The fourth-order valence-corrected chi connectivity index (χ4v) is 3.39. The molecule has 0 spiro atoms. The van der Waals surface area contributed by atoms with Crippen LogP contribution in [0.5, 0.6) is 0 Å². The summed E-state index contributed by atoms with van der Waals surface area (Å²) >= 11 is 0. The van der Waals surface area contributed by atoms with Gasteiger partial charge in [0.2, 0.25) is 0 Å². The van der Waals surface area contributed by atoms with Gasteiger partial charge in [0.05, 0.1) is 6.54 Å². The molecule has 7 heteroatoms. The van der Waals surface area contributed by atoms with Crippen LogP contribution in [0.4, 0.5) is 9.18 Å². The molecule has 2 N–H and O–H groups in total. The maximum absolute atomic E-state index is 13.2. The Labute approximate surface area is 150 Å². The van der Waals surface area contributed by atoms with E-state index in [1.54, 1.807) is 19.9 Å². The monoisotopic (exact) mass is 357 g/mol. The van der Waals surface area contributed by atoms with Crippen LogP contribution in [0.1, 0.15) is 40.7 Å². The van der Waals surface area contributed by atoms with E-state index in [0.29, 0.717) is 16.8 Å². The minimum Gasteiger partial charge on any atom is -0.362 e. The number of aromatic nitrogens is 1. The molecule has 2 aromatic rings. The van der Waals surface area contributed by atoms with Gasteiger partial charge in [0, 0.05) is 17.0 Å². The normalized spacial score (nSPS) is 19.8. The molecular formula is C19H20FN3O3. The van der Waals surface area contributed by atoms with Crippen LogP contribution >= 0.6 is 0 Å². The average molecular weight is 357 g/mol. The maximum atomic E-state index is 13.2. The number of aromatic amines is 1. The molecule has 2 heterocycles. The van der Waals surface area contributed by atoms with Crippen molar-refractivity contribution in [2.24, 2.45) is 0 Å². The number of ketones is 1. The minimum absolute atomic E-state index is 0.288. The number of urea groups is 1. The largest absolute Gasteiger partial charge is 0.362 e. The lowest BCUT2D eigenvalue weighted by molar-refractivity contribution is -0.131. The summed E-state index contributed by atoms with van der Waals surface area (Å²) < 4.78 is 13.2. The van der Waals surface area contributed by atoms with Crippen molar-refractivity contribution in [3.05, 3.63) is 58.7 Å². The number of carbonyl (C=O) groups is 3. The summed E-state index contributed by atoms with van der Waals surface area (Å²) in [4.78, 5) is 41.9. The maximum Gasteiger partial charge on any atom is 0.325 e. The number of halogens is 1. The van der Waals surface area contributed by atoms with Gasteiger partial charge in [0.1, 0.15) is 11.4 Å². The molecule has 1 unspecified atom stereocenters. The molecule has 3 rings (SSSR count). The molecule has 136 valence electrons. The lowest BCUT2D eigenvalue weighted by atomic mass is 9.87. The molecule has 0 aliphatic carbocycles. The number of imide groups is 1. The third kappa shape index (κ3) is 2.79. The van der Waals surface area contributed by atoms with Gasteiger partial charge in [-0.3, -0.25) is 14.5 Å². The second-order valence-electron chi connectivity index (χ2n) is 6.50. The first-order valence-corrected chi connectivity index (χ1v) is 8.38. The average Bonchev–Trinajstić information content (AvgIpc) is 3.06. The first-order valence-electron chi connectivity index (χ1n) is 8.38. The van der Waals surface area contributed by atoms with E-state index in [9.17, 15) is 18.8 Å². The summed E-state index contributed by atoms with van der Waals surface area (Å²) in [6.07, 6.45) is 0.288. The van der Waals surface area contributed by atoms with E-state index in [4.69, 9.17) is 0 Å². The molecule has 1 atom stereocenters. The van der Waals surface area contributed by atoms with Crippen LogP contribution in [-0.2, 0) is 10.3 Å². The summed E-state index contributed by atoms with van der Waals surface area (Å²) in [7, 11) is 0. The van der Waals surface area contributed by atoms with Crippen LogP contribution in [0, 0.1) is 19.7 Å². The van der Waals surface area contributed by atoms with Crippen molar-refractivity contribution in [2.45, 2.75) is 32.7 Å². The van der Waals surface area contributed by atoms with Gasteiger partial charge in [-0.15, -0.1) is 0 Å². The first-order chi connectivity index (χ1) is 12.3. The second-order valence-corrected chi connectivity index (χ2v) is 6.50. The van der Waals surface area contributed by atoms with Crippen molar-refractivity contribution in [3.8, 4) is 0 Å². The van der Waals surface area contributed by atoms with Crippen LogP contribution in [-0.4, -0.2) is 34.2 Å². The molecule has 1 saturated heterocycles. The Kier molecular flexibility index (Phi) is 4.39. The van der Waals surface area contributed by atoms with Gasteiger partial charge >= 0.3 is 6.03 Å². The zero-order chi connectivity index (χ0) is 19.1. The van der Waals surface area contributed by atoms with Gasteiger partial charge in [0.25, 0.3) is 5.91 Å². The summed E-state index contributed by atoms with van der Waals surface area (Å²) in [5.74, 6) is -1.25.